The number of aromatic nitrogens is 4. The second-order valence-electron chi connectivity index (χ2n) is 21.1. The summed E-state index contributed by atoms with van der Waals surface area (Å²) in [7, 11) is 0. The monoisotopic (exact) mass is 1060 g/mol. The number of nitrogens with zero attached hydrogens (tertiary/aromatic N) is 5. The van der Waals surface area contributed by atoms with E-state index in [1.54, 1.807) is 0 Å². The third-order valence-electron chi connectivity index (χ3n) is 16.3. The molecule has 4 aromatic heterocycles. The number of para-hydroxylation sites is 1. The van der Waals surface area contributed by atoms with E-state index in [0.29, 0.717) is 28.4 Å². The van der Waals surface area contributed by atoms with Gasteiger partial charge in [0.05, 0.1) is 51.3 Å². The lowest BCUT2D eigenvalue weighted by atomic mass is 10.0. The molecule has 16 rings (SSSR count). The standard InChI is InChI=1S/C77H47N5O/c1-78-68-47-65-59-33-20-34-60(77-79-66(53-29-16-6-17-30-53)48-67(80-77)54-31-18-7-19-32-54)75(59)83-76(65)74(82-71-41-37-57(51-25-12-4-13-26-51)45-63(71)64-46-58(38-42-72(64)82)52-27-14-5-15-28-52)73(68)81-69-39-35-55(49-21-8-2-9-22-49)43-61(69)62-44-56(36-40-70(62)81)50-23-10-3-11-24-50/h2-48H. The summed E-state index contributed by atoms with van der Waals surface area (Å²) < 4.78 is 12.3. The zero-order valence-corrected chi connectivity index (χ0v) is 44.8. The Labute approximate surface area is 478 Å². The van der Waals surface area contributed by atoms with Crippen molar-refractivity contribution >= 4 is 71.2 Å². The maximum Gasteiger partial charge on any atom is 0.213 e. The maximum atomic E-state index is 9.37. The van der Waals surface area contributed by atoms with Crippen LogP contribution < -0.4 is 0 Å². The molecule has 0 saturated heterocycles. The quantitative estimate of drug-likeness (QED) is 0.135. The fourth-order valence-corrected chi connectivity index (χ4v) is 12.4. The van der Waals surface area contributed by atoms with Crippen molar-refractivity contribution in [1.29, 1.82) is 0 Å². The van der Waals surface area contributed by atoms with Gasteiger partial charge in [-0.3, -0.25) is 0 Å². The van der Waals surface area contributed by atoms with Crippen molar-refractivity contribution in [3.63, 3.8) is 0 Å². The largest absolute Gasteiger partial charge is 0.453 e. The molecule has 0 atom stereocenters. The molecule has 16 aromatic rings. The summed E-state index contributed by atoms with van der Waals surface area (Å²) >= 11 is 0. The van der Waals surface area contributed by atoms with E-state index in [0.717, 1.165) is 133 Å². The van der Waals surface area contributed by atoms with E-state index in [-0.39, 0.29) is 0 Å². The SMILES string of the molecule is [C-]#[N+]c1cc2c(oc3c(-c4nc(-c5ccccc5)cc(-c5ccccc5)n4)cccc32)c(-n2c3ccc(-c4ccccc4)cc3c3cc(-c4ccccc4)ccc32)c1-n1c2ccc(-c3ccccc3)cc2c2cc(-c3ccccc3)ccc21. The van der Waals surface area contributed by atoms with Gasteiger partial charge in [0.15, 0.2) is 11.4 Å². The van der Waals surface area contributed by atoms with Gasteiger partial charge in [-0.1, -0.05) is 218 Å². The molecule has 12 aromatic carbocycles. The van der Waals surface area contributed by atoms with Crippen molar-refractivity contribution in [3.8, 4) is 89.8 Å². The lowest BCUT2D eigenvalue weighted by Crippen LogP contribution is -2.04. The van der Waals surface area contributed by atoms with Gasteiger partial charge in [-0.25, -0.2) is 14.8 Å². The third-order valence-corrected chi connectivity index (χ3v) is 16.3. The molecule has 0 radical (unpaired) electrons. The summed E-state index contributed by atoms with van der Waals surface area (Å²) in [6, 6.07) is 100. The number of benzene rings is 12. The zero-order valence-electron chi connectivity index (χ0n) is 44.8. The smallest absolute Gasteiger partial charge is 0.213 e. The molecule has 0 fully saturated rings. The van der Waals surface area contributed by atoms with Crippen LogP contribution in [0.4, 0.5) is 5.69 Å². The molecule has 0 unspecified atom stereocenters. The molecule has 0 aliphatic rings. The molecule has 0 saturated carbocycles. The van der Waals surface area contributed by atoms with E-state index in [2.05, 4.69) is 257 Å². The van der Waals surface area contributed by atoms with Crippen molar-refractivity contribution < 1.29 is 4.42 Å². The normalized spacial score (nSPS) is 11.6. The Morgan fingerprint density at radius 1 is 0.289 bits per heavy atom. The maximum absolute atomic E-state index is 9.37. The van der Waals surface area contributed by atoms with E-state index in [1.807, 2.05) is 42.5 Å². The highest BCUT2D eigenvalue weighted by molar-refractivity contribution is 6.19. The second kappa shape index (κ2) is 19.5. The average Bonchev–Trinajstić information content (AvgIpc) is 3.07. The fourth-order valence-electron chi connectivity index (χ4n) is 12.4. The molecule has 0 aliphatic carbocycles. The van der Waals surface area contributed by atoms with Crippen LogP contribution in [0.2, 0.25) is 0 Å². The Morgan fingerprint density at radius 3 is 1.02 bits per heavy atom. The van der Waals surface area contributed by atoms with Gasteiger partial charge in [0.25, 0.3) is 0 Å². The van der Waals surface area contributed by atoms with Gasteiger partial charge in [-0.15, -0.1) is 0 Å². The predicted molar refractivity (Wildman–Crippen MR) is 342 cm³/mol. The van der Waals surface area contributed by atoms with Crippen molar-refractivity contribution in [2.75, 3.05) is 0 Å². The summed E-state index contributed by atoms with van der Waals surface area (Å²) in [5, 5.41) is 5.95. The number of fused-ring (bicyclic) bond motifs is 9. The summed E-state index contributed by atoms with van der Waals surface area (Å²) in [6.45, 7) is 9.37. The average molecular weight is 1060 g/mol. The van der Waals surface area contributed by atoms with Crippen molar-refractivity contribution in [1.82, 2.24) is 19.1 Å². The van der Waals surface area contributed by atoms with Crippen LogP contribution in [0.1, 0.15) is 0 Å². The van der Waals surface area contributed by atoms with Gasteiger partial charge in [0.2, 0.25) is 5.69 Å². The summed E-state index contributed by atoms with van der Waals surface area (Å²) in [6.07, 6.45) is 0. The molecule has 0 aliphatic heterocycles. The summed E-state index contributed by atoms with van der Waals surface area (Å²) in [5.41, 5.74) is 20.3. The first-order valence-electron chi connectivity index (χ1n) is 27.9. The Kier molecular flexibility index (Phi) is 11.2. The van der Waals surface area contributed by atoms with Crippen LogP contribution in [0.3, 0.4) is 0 Å². The lowest BCUT2D eigenvalue weighted by Gasteiger charge is -2.19. The predicted octanol–water partition coefficient (Wildman–Crippen LogP) is 20.8. The van der Waals surface area contributed by atoms with Crippen molar-refractivity contribution in [2.24, 2.45) is 0 Å². The zero-order chi connectivity index (χ0) is 55.0. The highest BCUT2D eigenvalue weighted by atomic mass is 16.3. The number of rotatable bonds is 9. The Bertz CT molecular complexity index is 4980. The minimum Gasteiger partial charge on any atom is -0.453 e. The van der Waals surface area contributed by atoms with E-state index in [9.17, 15) is 6.57 Å². The molecule has 0 bridgehead atoms. The molecule has 0 amide bonds. The van der Waals surface area contributed by atoms with Crippen molar-refractivity contribution in [3.05, 3.63) is 297 Å². The molecule has 83 heavy (non-hydrogen) atoms. The first-order chi connectivity index (χ1) is 41.1. The van der Waals surface area contributed by atoms with Gasteiger partial charge in [-0.2, -0.15) is 0 Å². The van der Waals surface area contributed by atoms with Gasteiger partial charge < -0.3 is 13.6 Å². The van der Waals surface area contributed by atoms with Gasteiger partial charge in [0, 0.05) is 43.4 Å². The van der Waals surface area contributed by atoms with Crippen LogP contribution in [0, 0.1) is 6.57 Å². The van der Waals surface area contributed by atoms with E-state index in [1.165, 1.54) is 0 Å². The summed E-state index contributed by atoms with van der Waals surface area (Å²) in [4.78, 5) is 15.2. The van der Waals surface area contributed by atoms with Gasteiger partial charge >= 0.3 is 0 Å². The van der Waals surface area contributed by atoms with Gasteiger partial charge in [-0.05, 0) is 111 Å². The van der Waals surface area contributed by atoms with Crippen LogP contribution in [-0.2, 0) is 0 Å². The van der Waals surface area contributed by atoms with Crippen molar-refractivity contribution in [2.45, 2.75) is 0 Å². The molecule has 0 spiro atoms. The van der Waals surface area contributed by atoms with Crippen LogP contribution in [0.5, 0.6) is 0 Å². The van der Waals surface area contributed by atoms with E-state index in [4.69, 9.17) is 14.4 Å². The highest BCUT2D eigenvalue weighted by Crippen LogP contribution is 2.50. The van der Waals surface area contributed by atoms with E-state index < -0.39 is 0 Å². The minimum absolute atomic E-state index is 0.476. The molecule has 6 nitrogen and oxygen atoms in total. The first-order valence-corrected chi connectivity index (χ1v) is 27.9. The third kappa shape index (κ3) is 7.94. The Morgan fingerprint density at radius 2 is 0.651 bits per heavy atom. The number of hydrogen-bond donors (Lipinski definition) is 0. The van der Waals surface area contributed by atoms with Crippen LogP contribution in [0.25, 0.3) is 160 Å². The molecule has 386 valence electrons. The van der Waals surface area contributed by atoms with Gasteiger partial charge in [0.1, 0.15) is 11.3 Å². The second-order valence-corrected chi connectivity index (χ2v) is 21.1. The van der Waals surface area contributed by atoms with Crippen LogP contribution in [-0.4, -0.2) is 19.1 Å². The Balaban J connectivity index is 1.05. The number of furan rings is 1. The molecule has 6 heteroatoms. The topological polar surface area (TPSA) is 53.1 Å². The first kappa shape index (κ1) is 47.6. The lowest BCUT2D eigenvalue weighted by molar-refractivity contribution is 0.666. The molecular formula is C77H47N5O. The highest BCUT2D eigenvalue weighted by Gasteiger charge is 2.29. The minimum atomic E-state index is 0.476. The van der Waals surface area contributed by atoms with Crippen LogP contribution >= 0.6 is 0 Å². The van der Waals surface area contributed by atoms with E-state index >= 15 is 0 Å². The number of hydrogen-bond acceptors (Lipinski definition) is 3. The van der Waals surface area contributed by atoms with Crippen LogP contribution in [0.15, 0.2) is 290 Å². The summed E-state index contributed by atoms with van der Waals surface area (Å²) in [5.74, 6) is 0.534. The Hall–Kier alpha value is -11.4. The molecular weight excluding hydrogens is 1010 g/mol. The molecule has 4 heterocycles. The fraction of sp³-hybridized carbons (Fsp3) is 0. The molecule has 0 N–H and O–H groups in total.